The molecule has 0 saturated heterocycles. The van der Waals surface area contributed by atoms with Gasteiger partial charge in [0.1, 0.15) is 5.82 Å². The van der Waals surface area contributed by atoms with Crippen molar-refractivity contribution in [3.63, 3.8) is 0 Å². The molecule has 4 rings (SSSR count). The van der Waals surface area contributed by atoms with Crippen molar-refractivity contribution in [2.24, 2.45) is 9.98 Å². The number of nitrogens with zero attached hydrogens (tertiary/aromatic N) is 5. The summed E-state index contributed by atoms with van der Waals surface area (Å²) in [5.74, 6) is -0.510. The number of aliphatic imine (C=N–C) groups is 2. The van der Waals surface area contributed by atoms with Crippen LogP contribution in [-0.4, -0.2) is 40.0 Å². The highest BCUT2D eigenvalue weighted by molar-refractivity contribution is 6.35. The lowest BCUT2D eigenvalue weighted by Gasteiger charge is -2.11. The minimum Gasteiger partial charge on any atom is -0.306 e. The van der Waals surface area contributed by atoms with Crippen molar-refractivity contribution < 1.29 is 9.59 Å². The quantitative estimate of drug-likeness (QED) is 0.352. The lowest BCUT2D eigenvalue weighted by molar-refractivity contribution is 0.0996. The summed E-state index contributed by atoms with van der Waals surface area (Å²) in [5, 5.41) is 7.61. The van der Waals surface area contributed by atoms with E-state index in [4.69, 9.17) is 23.2 Å². The number of hydrogen-bond acceptors (Lipinski definition) is 5. The Morgan fingerprint density at radius 1 is 0.941 bits per heavy atom. The molecule has 34 heavy (non-hydrogen) atoms. The van der Waals surface area contributed by atoms with Crippen LogP contribution in [0.2, 0.25) is 10.0 Å². The molecule has 0 aliphatic rings. The van der Waals surface area contributed by atoms with Gasteiger partial charge in [-0.1, -0.05) is 47.5 Å². The van der Waals surface area contributed by atoms with Crippen LogP contribution in [0.1, 0.15) is 20.8 Å². The number of aromatic nitrogens is 3. The number of amides is 2. The van der Waals surface area contributed by atoms with Gasteiger partial charge < -0.3 is 5.32 Å². The third-order valence-electron chi connectivity index (χ3n) is 4.79. The topological polar surface area (TPSA) is 102 Å². The van der Waals surface area contributed by atoms with Crippen LogP contribution in [0.5, 0.6) is 0 Å². The van der Waals surface area contributed by atoms with Crippen molar-refractivity contribution in [3.8, 4) is 16.9 Å². The maximum absolute atomic E-state index is 13.2. The van der Waals surface area contributed by atoms with Crippen molar-refractivity contribution >= 4 is 60.1 Å². The number of halogens is 2. The molecular formula is C24H16Cl2N6O2. The number of para-hydroxylation sites is 1. The zero-order chi connectivity index (χ0) is 24.2. The van der Waals surface area contributed by atoms with Crippen LogP contribution in [0, 0.1) is 0 Å². The molecule has 10 heteroatoms. The standard InChI is InChI=1S/C24H16Cl2N6O2/c1-27-20-11-10-18(26)22(29-20)14-8-9-17(25)16(12-14)23(33)30-21-13-19(24(34)28-2)31-32(21)15-6-4-3-5-7-15/h3-13H,1-2H2,(H,30,33). The van der Waals surface area contributed by atoms with Gasteiger partial charge in [-0.15, -0.1) is 0 Å². The van der Waals surface area contributed by atoms with Crippen LogP contribution >= 0.6 is 23.2 Å². The van der Waals surface area contributed by atoms with E-state index in [1.165, 1.54) is 10.7 Å². The molecule has 4 aromatic rings. The summed E-state index contributed by atoms with van der Waals surface area (Å²) in [5.41, 5.74) is 1.82. The number of pyridine rings is 1. The molecule has 0 unspecified atom stereocenters. The lowest BCUT2D eigenvalue weighted by atomic mass is 10.1. The Labute approximate surface area is 204 Å². The number of nitrogens with one attached hydrogen (secondary N) is 1. The zero-order valence-electron chi connectivity index (χ0n) is 17.6. The normalized spacial score (nSPS) is 10.5. The molecule has 0 fully saturated rings. The van der Waals surface area contributed by atoms with Crippen molar-refractivity contribution in [1.82, 2.24) is 14.8 Å². The van der Waals surface area contributed by atoms with Crippen LogP contribution in [0.15, 0.2) is 76.7 Å². The van der Waals surface area contributed by atoms with Gasteiger partial charge in [0.2, 0.25) is 0 Å². The summed E-state index contributed by atoms with van der Waals surface area (Å²) < 4.78 is 1.42. The van der Waals surface area contributed by atoms with Gasteiger partial charge in [0.25, 0.3) is 11.8 Å². The highest BCUT2D eigenvalue weighted by Crippen LogP contribution is 2.31. The average Bonchev–Trinajstić information content (AvgIpc) is 3.28. The Kier molecular flexibility index (Phi) is 6.62. The van der Waals surface area contributed by atoms with Crippen molar-refractivity contribution in [2.75, 3.05) is 5.32 Å². The Morgan fingerprint density at radius 3 is 2.38 bits per heavy atom. The van der Waals surface area contributed by atoms with E-state index in [1.54, 1.807) is 54.6 Å². The summed E-state index contributed by atoms with van der Waals surface area (Å²) in [6.07, 6.45) is 0. The van der Waals surface area contributed by atoms with E-state index < -0.39 is 11.8 Å². The first-order valence-corrected chi connectivity index (χ1v) is 10.6. The summed E-state index contributed by atoms with van der Waals surface area (Å²) in [7, 11) is 0. The lowest BCUT2D eigenvalue weighted by Crippen LogP contribution is -2.15. The van der Waals surface area contributed by atoms with Gasteiger partial charge in [-0.05, 0) is 49.8 Å². The minimum absolute atomic E-state index is 0.0266. The Bertz CT molecular complexity index is 1430. The van der Waals surface area contributed by atoms with E-state index in [0.29, 0.717) is 27.8 Å². The predicted molar refractivity (Wildman–Crippen MR) is 134 cm³/mol. The molecule has 2 amide bonds. The molecule has 0 spiro atoms. The van der Waals surface area contributed by atoms with Crippen LogP contribution < -0.4 is 5.32 Å². The van der Waals surface area contributed by atoms with Gasteiger partial charge in [0, 0.05) is 11.6 Å². The predicted octanol–water partition coefficient (Wildman–Crippen LogP) is 5.67. The smallest absolute Gasteiger partial charge is 0.296 e. The SMILES string of the molecule is C=NC(=O)c1cc(NC(=O)c2cc(-c3nc(N=C)ccc3Cl)ccc2Cl)n(-c2ccccc2)n1. The highest BCUT2D eigenvalue weighted by atomic mass is 35.5. The van der Waals surface area contributed by atoms with Crippen molar-refractivity contribution in [3.05, 3.63) is 88.0 Å². The minimum atomic E-state index is -0.623. The monoisotopic (exact) mass is 490 g/mol. The highest BCUT2D eigenvalue weighted by Gasteiger charge is 2.19. The second kappa shape index (κ2) is 9.78. The van der Waals surface area contributed by atoms with Crippen LogP contribution in [-0.2, 0) is 0 Å². The molecule has 2 aromatic heterocycles. The second-order valence-corrected chi connectivity index (χ2v) is 7.75. The van der Waals surface area contributed by atoms with Crippen LogP contribution in [0.4, 0.5) is 11.6 Å². The maximum Gasteiger partial charge on any atom is 0.296 e. The van der Waals surface area contributed by atoms with Gasteiger partial charge >= 0.3 is 0 Å². The molecule has 0 aliphatic carbocycles. The fourth-order valence-electron chi connectivity index (χ4n) is 3.17. The van der Waals surface area contributed by atoms with E-state index in [0.717, 1.165) is 0 Å². The molecule has 2 heterocycles. The number of anilines is 1. The Hall–Kier alpha value is -4.14. The molecule has 0 radical (unpaired) electrons. The number of benzene rings is 2. The molecule has 1 N–H and O–H groups in total. The second-order valence-electron chi connectivity index (χ2n) is 6.93. The maximum atomic E-state index is 13.2. The van der Waals surface area contributed by atoms with Gasteiger partial charge in [0.05, 0.1) is 27.0 Å². The van der Waals surface area contributed by atoms with E-state index >= 15 is 0 Å². The molecule has 0 bridgehead atoms. The first-order chi connectivity index (χ1) is 16.4. The number of rotatable bonds is 6. The van der Waals surface area contributed by atoms with Crippen molar-refractivity contribution in [2.45, 2.75) is 0 Å². The fourth-order valence-corrected chi connectivity index (χ4v) is 3.59. The summed E-state index contributed by atoms with van der Waals surface area (Å²) in [6, 6.07) is 18.5. The summed E-state index contributed by atoms with van der Waals surface area (Å²) in [4.78, 5) is 36.8. The average molecular weight is 491 g/mol. The van der Waals surface area contributed by atoms with Gasteiger partial charge in [-0.2, -0.15) is 5.10 Å². The molecule has 168 valence electrons. The summed E-state index contributed by atoms with van der Waals surface area (Å²) in [6.45, 7) is 6.72. The van der Waals surface area contributed by atoms with E-state index in [1.807, 2.05) is 6.07 Å². The van der Waals surface area contributed by atoms with Crippen molar-refractivity contribution in [1.29, 1.82) is 0 Å². The van der Waals surface area contributed by atoms with Gasteiger partial charge in [-0.25, -0.2) is 19.7 Å². The van der Waals surface area contributed by atoms with Crippen LogP contribution in [0.3, 0.4) is 0 Å². The first kappa shape index (κ1) is 23.0. The largest absolute Gasteiger partial charge is 0.306 e. The number of carbonyl (C=O) groups excluding carboxylic acids is 2. The molecule has 8 nitrogen and oxygen atoms in total. The van der Waals surface area contributed by atoms with E-state index in [2.05, 4.69) is 38.8 Å². The molecule has 0 atom stereocenters. The Balaban J connectivity index is 1.73. The van der Waals surface area contributed by atoms with Gasteiger partial charge in [0.15, 0.2) is 11.5 Å². The third kappa shape index (κ3) is 4.63. The van der Waals surface area contributed by atoms with E-state index in [9.17, 15) is 9.59 Å². The van der Waals surface area contributed by atoms with E-state index in [-0.39, 0.29) is 22.1 Å². The number of hydrogen-bond donors (Lipinski definition) is 1. The fraction of sp³-hybridized carbons (Fsp3) is 0. The van der Waals surface area contributed by atoms with Crippen LogP contribution in [0.25, 0.3) is 16.9 Å². The molecule has 0 aliphatic heterocycles. The van der Waals surface area contributed by atoms with Gasteiger partial charge in [-0.3, -0.25) is 9.59 Å². The molecule has 2 aromatic carbocycles. The molecule has 0 saturated carbocycles. The zero-order valence-corrected chi connectivity index (χ0v) is 19.1. The molecular weight excluding hydrogens is 475 g/mol. The Morgan fingerprint density at radius 2 is 1.68 bits per heavy atom. The number of carbonyl (C=O) groups is 2. The first-order valence-electron chi connectivity index (χ1n) is 9.82. The summed E-state index contributed by atoms with van der Waals surface area (Å²) >= 11 is 12.6. The third-order valence-corrected chi connectivity index (χ3v) is 5.43.